The average Bonchev–Trinajstić information content (AvgIpc) is 2.61. The van der Waals surface area contributed by atoms with Crippen LogP contribution in [0.2, 0.25) is 8.67 Å². The van der Waals surface area contributed by atoms with Crippen LogP contribution in [0, 0.1) is 5.82 Å². The van der Waals surface area contributed by atoms with Crippen LogP contribution in [0.4, 0.5) is 4.39 Å². The number of carbonyl (C=O) groups is 1. The lowest BCUT2D eigenvalue weighted by atomic mass is 10.1. The van der Waals surface area contributed by atoms with Gasteiger partial charge in [-0.25, -0.2) is 4.39 Å². The number of carbonyl (C=O) groups excluding carboxylic acids is 1. The van der Waals surface area contributed by atoms with Crippen LogP contribution in [0.3, 0.4) is 0 Å². The van der Waals surface area contributed by atoms with Gasteiger partial charge in [0.1, 0.15) is 10.2 Å². The Morgan fingerprint density at radius 2 is 2.00 bits per heavy atom. The molecule has 2 rings (SSSR count). The molecular formula is C11H4BrCl2FOS. The molecule has 2 aromatic rings. The van der Waals surface area contributed by atoms with Crippen LogP contribution in [-0.4, -0.2) is 5.78 Å². The SMILES string of the molecule is O=C(c1ccc(Br)c(F)c1)c1cc(Cl)sc1Cl. The molecule has 0 aliphatic rings. The molecular weight excluding hydrogens is 350 g/mol. The summed E-state index contributed by atoms with van der Waals surface area (Å²) in [5, 5.41) is 0. The van der Waals surface area contributed by atoms with Crippen LogP contribution in [0.5, 0.6) is 0 Å². The van der Waals surface area contributed by atoms with E-state index in [2.05, 4.69) is 15.9 Å². The van der Waals surface area contributed by atoms with Crippen molar-refractivity contribution in [2.24, 2.45) is 0 Å². The zero-order valence-corrected chi connectivity index (χ0v) is 12.1. The Morgan fingerprint density at radius 1 is 1.29 bits per heavy atom. The van der Waals surface area contributed by atoms with Crippen LogP contribution < -0.4 is 0 Å². The molecule has 0 atom stereocenters. The first-order valence-corrected chi connectivity index (χ1v) is 6.80. The summed E-state index contributed by atoms with van der Waals surface area (Å²) in [5.74, 6) is -0.835. The number of hydrogen-bond acceptors (Lipinski definition) is 2. The molecule has 0 saturated carbocycles. The highest BCUT2D eigenvalue weighted by Crippen LogP contribution is 2.32. The zero-order chi connectivity index (χ0) is 12.6. The van der Waals surface area contributed by atoms with E-state index in [9.17, 15) is 9.18 Å². The Bertz CT molecular complexity index is 597. The molecule has 0 radical (unpaired) electrons. The van der Waals surface area contributed by atoms with Gasteiger partial charge in [-0.15, -0.1) is 11.3 Å². The first-order chi connectivity index (χ1) is 7.99. The third kappa shape index (κ3) is 2.71. The van der Waals surface area contributed by atoms with Crippen LogP contribution in [-0.2, 0) is 0 Å². The zero-order valence-electron chi connectivity index (χ0n) is 8.14. The normalized spacial score (nSPS) is 10.6. The number of rotatable bonds is 2. The second-order valence-electron chi connectivity index (χ2n) is 3.20. The summed E-state index contributed by atoms with van der Waals surface area (Å²) in [6.07, 6.45) is 0. The summed E-state index contributed by atoms with van der Waals surface area (Å²) in [7, 11) is 0. The third-order valence-electron chi connectivity index (χ3n) is 2.08. The van der Waals surface area contributed by atoms with Gasteiger partial charge < -0.3 is 0 Å². The number of benzene rings is 1. The second-order valence-corrected chi connectivity index (χ2v) is 6.34. The molecule has 0 unspecified atom stereocenters. The average molecular weight is 354 g/mol. The van der Waals surface area contributed by atoms with Gasteiger partial charge in [0, 0.05) is 5.56 Å². The van der Waals surface area contributed by atoms with E-state index in [1.165, 1.54) is 18.2 Å². The molecule has 0 aliphatic heterocycles. The van der Waals surface area contributed by atoms with Crippen molar-refractivity contribution >= 4 is 56.3 Å². The van der Waals surface area contributed by atoms with Crippen molar-refractivity contribution in [1.29, 1.82) is 0 Å². The molecule has 1 aromatic carbocycles. The van der Waals surface area contributed by atoms with Gasteiger partial charge in [-0.2, -0.15) is 0 Å². The van der Waals surface area contributed by atoms with E-state index >= 15 is 0 Å². The molecule has 1 aromatic heterocycles. The van der Waals surface area contributed by atoms with Gasteiger partial charge in [-0.3, -0.25) is 4.79 Å². The fourth-order valence-corrected chi connectivity index (χ4v) is 2.99. The molecule has 17 heavy (non-hydrogen) atoms. The number of hydrogen-bond donors (Lipinski definition) is 0. The van der Waals surface area contributed by atoms with Crippen molar-refractivity contribution in [2.45, 2.75) is 0 Å². The van der Waals surface area contributed by atoms with E-state index < -0.39 is 5.82 Å². The number of halogens is 4. The van der Waals surface area contributed by atoms with Crippen molar-refractivity contribution < 1.29 is 9.18 Å². The van der Waals surface area contributed by atoms with Crippen molar-refractivity contribution in [3.63, 3.8) is 0 Å². The lowest BCUT2D eigenvalue weighted by Gasteiger charge is -2.00. The van der Waals surface area contributed by atoms with E-state index in [1.54, 1.807) is 0 Å². The Balaban J connectivity index is 2.44. The van der Waals surface area contributed by atoms with Crippen molar-refractivity contribution in [1.82, 2.24) is 0 Å². The molecule has 1 nitrogen and oxygen atoms in total. The molecule has 0 bridgehead atoms. The van der Waals surface area contributed by atoms with Gasteiger partial charge in [-0.1, -0.05) is 23.2 Å². The fraction of sp³-hybridized carbons (Fsp3) is 0. The summed E-state index contributed by atoms with van der Waals surface area (Å²) in [6.45, 7) is 0. The van der Waals surface area contributed by atoms with Crippen LogP contribution in [0.15, 0.2) is 28.7 Å². The van der Waals surface area contributed by atoms with Crippen molar-refractivity contribution in [2.75, 3.05) is 0 Å². The fourth-order valence-electron chi connectivity index (χ4n) is 1.29. The highest BCUT2D eigenvalue weighted by atomic mass is 79.9. The Morgan fingerprint density at radius 3 is 2.53 bits per heavy atom. The smallest absolute Gasteiger partial charge is 0.195 e. The molecule has 0 amide bonds. The Hall–Kier alpha value is -0.420. The first kappa shape index (κ1) is 13.0. The minimum absolute atomic E-state index is 0.238. The van der Waals surface area contributed by atoms with E-state index in [-0.39, 0.29) is 11.3 Å². The van der Waals surface area contributed by atoms with Gasteiger partial charge in [0.2, 0.25) is 0 Å². The lowest BCUT2D eigenvalue weighted by Crippen LogP contribution is -2.00. The van der Waals surface area contributed by atoms with Crippen LogP contribution in [0.1, 0.15) is 15.9 Å². The quantitative estimate of drug-likeness (QED) is 0.679. The topological polar surface area (TPSA) is 17.1 Å². The minimum Gasteiger partial charge on any atom is -0.289 e. The van der Waals surface area contributed by atoms with Gasteiger partial charge in [0.05, 0.1) is 14.4 Å². The summed E-state index contributed by atoms with van der Waals surface area (Å²) < 4.78 is 14.3. The second kappa shape index (κ2) is 5.06. The van der Waals surface area contributed by atoms with Crippen molar-refractivity contribution in [3.8, 4) is 0 Å². The summed E-state index contributed by atoms with van der Waals surface area (Å²) in [6, 6.07) is 5.65. The Kier molecular flexibility index (Phi) is 3.88. The summed E-state index contributed by atoms with van der Waals surface area (Å²) in [5.41, 5.74) is 0.533. The molecule has 88 valence electrons. The lowest BCUT2D eigenvalue weighted by molar-refractivity contribution is 0.103. The molecule has 0 aliphatic carbocycles. The van der Waals surface area contributed by atoms with E-state index in [1.807, 2.05) is 0 Å². The highest BCUT2D eigenvalue weighted by molar-refractivity contribution is 9.10. The highest BCUT2D eigenvalue weighted by Gasteiger charge is 2.17. The standard InChI is InChI=1S/C11H4BrCl2FOS/c12-7-2-1-5(3-8(7)15)10(16)6-4-9(13)17-11(6)14/h1-4H. The molecule has 0 fully saturated rings. The maximum absolute atomic E-state index is 13.3. The molecule has 6 heteroatoms. The minimum atomic E-state index is -0.492. The number of ketones is 1. The van der Waals surface area contributed by atoms with E-state index in [0.29, 0.717) is 18.7 Å². The maximum Gasteiger partial charge on any atom is 0.195 e. The largest absolute Gasteiger partial charge is 0.289 e. The summed E-state index contributed by atoms with van der Waals surface area (Å²) >= 11 is 15.8. The molecule has 0 saturated heterocycles. The third-order valence-corrected chi connectivity index (χ3v) is 4.21. The molecule has 0 spiro atoms. The maximum atomic E-state index is 13.3. The van der Waals surface area contributed by atoms with Crippen molar-refractivity contribution in [3.05, 3.63) is 54.4 Å². The van der Waals surface area contributed by atoms with E-state index in [4.69, 9.17) is 23.2 Å². The van der Waals surface area contributed by atoms with E-state index in [0.717, 1.165) is 17.4 Å². The Labute approximate surface area is 119 Å². The predicted molar refractivity (Wildman–Crippen MR) is 71.9 cm³/mol. The summed E-state index contributed by atoms with van der Waals surface area (Å²) in [4.78, 5) is 12.0. The van der Waals surface area contributed by atoms with Crippen LogP contribution >= 0.6 is 50.5 Å². The van der Waals surface area contributed by atoms with Crippen LogP contribution in [0.25, 0.3) is 0 Å². The predicted octanol–water partition coefficient (Wildman–Crippen LogP) is 5.19. The first-order valence-electron chi connectivity index (χ1n) is 4.43. The molecule has 1 heterocycles. The molecule has 0 N–H and O–H groups in total. The van der Waals surface area contributed by atoms with Gasteiger partial charge in [0.15, 0.2) is 5.78 Å². The number of thiophene rings is 1. The van der Waals surface area contributed by atoms with Gasteiger partial charge >= 0.3 is 0 Å². The van der Waals surface area contributed by atoms with Gasteiger partial charge in [-0.05, 0) is 40.2 Å². The monoisotopic (exact) mass is 352 g/mol. The van der Waals surface area contributed by atoms with Gasteiger partial charge in [0.25, 0.3) is 0 Å².